The lowest BCUT2D eigenvalue weighted by Crippen LogP contribution is -2.46. The number of carbonyl (C=O) groups is 3. The van der Waals surface area contributed by atoms with Gasteiger partial charge in [-0.25, -0.2) is 0 Å². The van der Waals surface area contributed by atoms with Gasteiger partial charge in [0.15, 0.2) is 6.19 Å². The van der Waals surface area contributed by atoms with Crippen LogP contribution in [0.15, 0.2) is 30.3 Å². The lowest BCUT2D eigenvalue weighted by atomic mass is 10.1. The van der Waals surface area contributed by atoms with E-state index >= 15 is 0 Å². The molecule has 0 unspecified atom stereocenters. The molecule has 0 spiro atoms. The summed E-state index contributed by atoms with van der Waals surface area (Å²) in [4.78, 5) is 35.3. The second kappa shape index (κ2) is 7.65. The van der Waals surface area contributed by atoms with Crippen LogP contribution in [0.25, 0.3) is 0 Å². The van der Waals surface area contributed by atoms with Crippen LogP contribution in [0, 0.1) is 11.5 Å². The standard InChI is InChI=1S/C14H15N3O4/c1-17(9-15)14(21)11(7-8-12(18)19)16-13(20)10-5-3-2-4-6-10/h2-6,11H,7-8H2,1H3,(H,16,20)(H,18,19)/t11-/m0/s1. The first-order valence-electron chi connectivity index (χ1n) is 6.20. The number of hydrogen-bond acceptors (Lipinski definition) is 4. The molecular formula is C14H15N3O4. The minimum absolute atomic E-state index is 0.0846. The van der Waals surface area contributed by atoms with Gasteiger partial charge in [0.2, 0.25) is 0 Å². The lowest BCUT2D eigenvalue weighted by Gasteiger charge is -2.19. The first kappa shape index (κ1) is 16.2. The summed E-state index contributed by atoms with van der Waals surface area (Å²) < 4.78 is 0. The average Bonchev–Trinajstić information content (AvgIpc) is 2.50. The fourth-order valence-corrected chi connectivity index (χ4v) is 1.64. The van der Waals surface area contributed by atoms with Crippen molar-refractivity contribution >= 4 is 17.8 Å². The Morgan fingerprint density at radius 2 is 1.95 bits per heavy atom. The molecule has 1 aromatic rings. The van der Waals surface area contributed by atoms with Crippen molar-refractivity contribution in [2.24, 2.45) is 0 Å². The molecular weight excluding hydrogens is 274 g/mol. The number of rotatable bonds is 6. The Bertz CT molecular complexity index is 565. The molecule has 0 heterocycles. The molecule has 1 rings (SSSR count). The zero-order chi connectivity index (χ0) is 15.8. The molecule has 7 heteroatoms. The third-order valence-corrected chi connectivity index (χ3v) is 2.77. The SMILES string of the molecule is CN(C#N)C(=O)[C@H](CCC(=O)O)NC(=O)c1ccccc1. The molecule has 1 aromatic carbocycles. The highest BCUT2D eigenvalue weighted by Gasteiger charge is 2.25. The summed E-state index contributed by atoms with van der Waals surface area (Å²) in [5.74, 6) is -2.23. The highest BCUT2D eigenvalue weighted by atomic mass is 16.4. The molecule has 1 atom stereocenters. The number of nitrogens with one attached hydrogen (secondary N) is 1. The highest BCUT2D eigenvalue weighted by molar-refractivity contribution is 5.97. The van der Waals surface area contributed by atoms with E-state index in [2.05, 4.69) is 5.32 Å². The van der Waals surface area contributed by atoms with Gasteiger partial charge in [-0.1, -0.05) is 18.2 Å². The van der Waals surface area contributed by atoms with Gasteiger partial charge in [0.05, 0.1) is 0 Å². The van der Waals surface area contributed by atoms with Crippen molar-refractivity contribution in [3.05, 3.63) is 35.9 Å². The number of hydrogen-bond donors (Lipinski definition) is 2. The van der Waals surface area contributed by atoms with Gasteiger partial charge in [0, 0.05) is 19.0 Å². The van der Waals surface area contributed by atoms with Gasteiger partial charge in [-0.3, -0.25) is 19.3 Å². The Hall–Kier alpha value is -2.88. The Labute approximate surface area is 121 Å². The van der Waals surface area contributed by atoms with Crippen molar-refractivity contribution in [3.63, 3.8) is 0 Å². The van der Waals surface area contributed by atoms with Gasteiger partial charge < -0.3 is 10.4 Å². The molecule has 0 saturated carbocycles. The van der Waals surface area contributed by atoms with Gasteiger partial charge in [-0.05, 0) is 18.6 Å². The summed E-state index contributed by atoms with van der Waals surface area (Å²) in [6.45, 7) is 0. The molecule has 0 aliphatic rings. The van der Waals surface area contributed by atoms with Gasteiger partial charge in [-0.2, -0.15) is 5.26 Å². The first-order chi connectivity index (χ1) is 9.95. The predicted octanol–water partition coefficient (Wildman–Crippen LogP) is 0.589. The van der Waals surface area contributed by atoms with Crippen LogP contribution in [-0.4, -0.2) is 40.9 Å². The second-order valence-corrected chi connectivity index (χ2v) is 4.32. The van der Waals surface area contributed by atoms with Crippen LogP contribution in [0.3, 0.4) is 0 Å². The molecule has 0 aliphatic carbocycles. The summed E-state index contributed by atoms with van der Waals surface area (Å²) in [7, 11) is 1.25. The molecule has 21 heavy (non-hydrogen) atoms. The van der Waals surface area contributed by atoms with Gasteiger partial charge in [0.25, 0.3) is 11.8 Å². The van der Waals surface area contributed by atoms with Crippen LogP contribution < -0.4 is 5.32 Å². The van der Waals surface area contributed by atoms with E-state index in [-0.39, 0.29) is 12.8 Å². The van der Waals surface area contributed by atoms with E-state index in [1.54, 1.807) is 36.5 Å². The minimum atomic E-state index is -1.08. The largest absolute Gasteiger partial charge is 0.481 e. The fourth-order valence-electron chi connectivity index (χ4n) is 1.64. The monoisotopic (exact) mass is 289 g/mol. The Morgan fingerprint density at radius 1 is 1.33 bits per heavy atom. The zero-order valence-electron chi connectivity index (χ0n) is 11.4. The molecule has 110 valence electrons. The van der Waals surface area contributed by atoms with Crippen molar-refractivity contribution in [1.82, 2.24) is 10.2 Å². The smallest absolute Gasteiger partial charge is 0.303 e. The Kier molecular flexibility index (Phi) is 5.89. The van der Waals surface area contributed by atoms with Crippen molar-refractivity contribution in [2.45, 2.75) is 18.9 Å². The lowest BCUT2D eigenvalue weighted by molar-refractivity contribution is -0.137. The summed E-state index contributed by atoms with van der Waals surface area (Å²) in [6.07, 6.45) is 1.26. The van der Waals surface area contributed by atoms with E-state index in [9.17, 15) is 14.4 Å². The van der Waals surface area contributed by atoms with Crippen LogP contribution >= 0.6 is 0 Å². The highest BCUT2D eigenvalue weighted by Crippen LogP contribution is 2.05. The molecule has 0 aromatic heterocycles. The number of benzene rings is 1. The number of nitriles is 1. The summed E-state index contributed by atoms with van der Waals surface area (Å²) in [5.41, 5.74) is 0.352. The van der Waals surface area contributed by atoms with Crippen LogP contribution in [-0.2, 0) is 9.59 Å². The van der Waals surface area contributed by atoms with Gasteiger partial charge in [-0.15, -0.1) is 0 Å². The molecule has 0 bridgehead atoms. The molecule has 0 aliphatic heterocycles. The van der Waals surface area contributed by atoms with Crippen molar-refractivity contribution in [2.75, 3.05) is 7.05 Å². The van der Waals surface area contributed by atoms with Crippen LogP contribution in [0.1, 0.15) is 23.2 Å². The maximum Gasteiger partial charge on any atom is 0.303 e. The number of nitrogens with zero attached hydrogens (tertiary/aromatic N) is 2. The van der Waals surface area contributed by atoms with Crippen LogP contribution in [0.5, 0.6) is 0 Å². The normalized spacial score (nSPS) is 11.0. The molecule has 0 saturated heterocycles. The number of amides is 2. The Morgan fingerprint density at radius 3 is 2.48 bits per heavy atom. The van der Waals surface area contributed by atoms with Crippen molar-refractivity contribution in [1.29, 1.82) is 5.26 Å². The summed E-state index contributed by atoms with van der Waals surface area (Å²) in [5, 5.41) is 19.9. The van der Waals surface area contributed by atoms with E-state index in [1.807, 2.05) is 0 Å². The van der Waals surface area contributed by atoms with Gasteiger partial charge in [0.1, 0.15) is 6.04 Å². The number of carboxylic acids is 1. The van der Waals surface area contributed by atoms with Gasteiger partial charge >= 0.3 is 5.97 Å². The maximum atomic E-state index is 12.0. The number of carbonyl (C=O) groups excluding carboxylic acids is 2. The molecule has 7 nitrogen and oxygen atoms in total. The maximum absolute atomic E-state index is 12.0. The minimum Gasteiger partial charge on any atom is -0.481 e. The summed E-state index contributed by atoms with van der Waals surface area (Å²) in [6, 6.07) is 7.17. The molecule has 0 radical (unpaired) electrons. The first-order valence-corrected chi connectivity index (χ1v) is 6.20. The Balaban J connectivity index is 2.82. The quantitative estimate of drug-likeness (QED) is 0.588. The zero-order valence-corrected chi connectivity index (χ0v) is 11.4. The van der Waals surface area contributed by atoms with Crippen molar-refractivity contribution in [3.8, 4) is 6.19 Å². The predicted molar refractivity (Wildman–Crippen MR) is 72.9 cm³/mol. The van der Waals surface area contributed by atoms with E-state index in [1.165, 1.54) is 7.05 Å². The van der Waals surface area contributed by atoms with E-state index < -0.39 is 23.8 Å². The topological polar surface area (TPSA) is 110 Å². The average molecular weight is 289 g/mol. The number of likely N-dealkylation sites (N-methyl/N-ethyl adjacent to an activating group) is 1. The number of aliphatic carboxylic acids is 1. The summed E-state index contributed by atoms with van der Waals surface area (Å²) >= 11 is 0. The molecule has 0 fully saturated rings. The fraction of sp³-hybridized carbons (Fsp3) is 0.286. The van der Waals surface area contributed by atoms with Crippen LogP contribution in [0.4, 0.5) is 0 Å². The molecule has 2 N–H and O–H groups in total. The second-order valence-electron chi connectivity index (χ2n) is 4.32. The third kappa shape index (κ3) is 4.95. The van der Waals surface area contributed by atoms with Crippen LogP contribution in [0.2, 0.25) is 0 Å². The van der Waals surface area contributed by atoms with E-state index in [0.717, 1.165) is 4.90 Å². The van der Waals surface area contributed by atoms with E-state index in [0.29, 0.717) is 5.56 Å². The third-order valence-electron chi connectivity index (χ3n) is 2.77. The number of carboxylic acid groups (broad SMARTS) is 1. The van der Waals surface area contributed by atoms with E-state index in [4.69, 9.17) is 10.4 Å². The molecule has 2 amide bonds. The van der Waals surface area contributed by atoms with Crippen molar-refractivity contribution < 1.29 is 19.5 Å².